The van der Waals surface area contributed by atoms with Crippen LogP contribution in [-0.2, 0) is 6.42 Å². The molecule has 114 valence electrons. The lowest BCUT2D eigenvalue weighted by Gasteiger charge is -2.12. The van der Waals surface area contributed by atoms with Crippen molar-refractivity contribution in [2.24, 2.45) is 5.73 Å². The molecule has 0 aliphatic carbocycles. The van der Waals surface area contributed by atoms with Crippen molar-refractivity contribution in [2.45, 2.75) is 19.4 Å². The molecule has 0 saturated heterocycles. The van der Waals surface area contributed by atoms with Gasteiger partial charge in [-0.1, -0.05) is 5.16 Å². The number of nitrogens with zero attached hydrogens (tertiary/aromatic N) is 2. The molecule has 7 nitrogen and oxygen atoms in total. The molecule has 1 aromatic carbocycles. The Morgan fingerprint density at radius 1 is 1.14 bits per heavy atom. The number of nitrogens with two attached hydrogens (primary N) is 1. The summed E-state index contributed by atoms with van der Waals surface area (Å²) in [7, 11) is 4.65. The maximum Gasteiger partial charge on any atom is 0.258 e. The molecular weight excluding hydrogens is 274 g/mol. The minimum atomic E-state index is -0.0320. The van der Waals surface area contributed by atoms with Crippen LogP contribution in [0.1, 0.15) is 12.7 Å². The normalized spacial score (nSPS) is 12.0. The van der Waals surface area contributed by atoms with Gasteiger partial charge in [0.05, 0.1) is 21.3 Å². The van der Waals surface area contributed by atoms with E-state index in [-0.39, 0.29) is 6.04 Å². The first kappa shape index (κ1) is 15.1. The van der Waals surface area contributed by atoms with Gasteiger partial charge in [0.1, 0.15) is 0 Å². The van der Waals surface area contributed by atoms with Crippen molar-refractivity contribution in [3.05, 3.63) is 18.0 Å². The average molecular weight is 293 g/mol. The molecule has 0 aliphatic heterocycles. The molecule has 0 spiro atoms. The smallest absolute Gasteiger partial charge is 0.258 e. The van der Waals surface area contributed by atoms with Gasteiger partial charge in [0.15, 0.2) is 17.3 Å². The Bertz CT molecular complexity index is 585. The molecule has 21 heavy (non-hydrogen) atoms. The number of aromatic nitrogens is 2. The van der Waals surface area contributed by atoms with E-state index in [9.17, 15) is 0 Å². The first-order chi connectivity index (χ1) is 10.1. The highest BCUT2D eigenvalue weighted by atomic mass is 16.5. The summed E-state index contributed by atoms with van der Waals surface area (Å²) in [6.45, 7) is 1.88. The summed E-state index contributed by atoms with van der Waals surface area (Å²) in [4.78, 5) is 4.32. The molecule has 0 fully saturated rings. The van der Waals surface area contributed by atoms with Gasteiger partial charge in [-0.15, -0.1) is 0 Å². The zero-order valence-corrected chi connectivity index (χ0v) is 12.5. The van der Waals surface area contributed by atoms with Crippen LogP contribution in [0.5, 0.6) is 17.2 Å². The number of methoxy groups -OCH3 is 3. The Balaban J connectivity index is 2.41. The molecule has 2 N–H and O–H groups in total. The first-order valence-electron chi connectivity index (χ1n) is 6.47. The fraction of sp³-hybridized carbons (Fsp3) is 0.429. The third-order valence-electron chi connectivity index (χ3n) is 2.88. The Morgan fingerprint density at radius 3 is 2.24 bits per heavy atom. The third-order valence-corrected chi connectivity index (χ3v) is 2.88. The van der Waals surface area contributed by atoms with Gasteiger partial charge in [-0.25, -0.2) is 0 Å². The van der Waals surface area contributed by atoms with Crippen molar-refractivity contribution in [1.82, 2.24) is 10.1 Å². The van der Waals surface area contributed by atoms with Crippen molar-refractivity contribution in [3.63, 3.8) is 0 Å². The molecule has 7 heteroatoms. The summed E-state index contributed by atoms with van der Waals surface area (Å²) in [5.74, 6) is 2.51. The second-order valence-electron chi connectivity index (χ2n) is 4.61. The minimum Gasteiger partial charge on any atom is -0.493 e. The Morgan fingerprint density at radius 2 is 1.76 bits per heavy atom. The quantitative estimate of drug-likeness (QED) is 0.865. The molecule has 1 atom stereocenters. The van der Waals surface area contributed by atoms with Crippen molar-refractivity contribution in [2.75, 3.05) is 21.3 Å². The SMILES string of the molecule is COc1cc(-c2nc(CC(C)N)no2)cc(OC)c1OC. The molecular formula is C14H19N3O4. The maximum absolute atomic E-state index is 5.72. The zero-order chi connectivity index (χ0) is 15.4. The second-order valence-corrected chi connectivity index (χ2v) is 4.61. The summed E-state index contributed by atoms with van der Waals surface area (Å²) < 4.78 is 21.1. The molecule has 1 aromatic heterocycles. The standard InChI is InChI=1S/C14H19N3O4/c1-8(15)5-12-16-14(21-17-12)9-6-10(18-2)13(20-4)11(7-9)19-3/h6-8H,5,15H2,1-4H3. The lowest BCUT2D eigenvalue weighted by atomic mass is 10.1. The van der Waals surface area contributed by atoms with Crippen LogP contribution < -0.4 is 19.9 Å². The van der Waals surface area contributed by atoms with E-state index in [1.54, 1.807) is 33.5 Å². The van der Waals surface area contributed by atoms with Crippen LogP contribution in [0.15, 0.2) is 16.7 Å². The fourth-order valence-corrected chi connectivity index (χ4v) is 1.95. The van der Waals surface area contributed by atoms with Gasteiger partial charge in [-0.05, 0) is 19.1 Å². The molecule has 0 aliphatic rings. The predicted octanol–water partition coefficient (Wildman–Crippen LogP) is 1.65. The van der Waals surface area contributed by atoms with Crippen LogP contribution in [0, 0.1) is 0 Å². The van der Waals surface area contributed by atoms with Crippen molar-refractivity contribution in [1.29, 1.82) is 0 Å². The van der Waals surface area contributed by atoms with Gasteiger partial charge >= 0.3 is 0 Å². The molecule has 0 amide bonds. The van der Waals surface area contributed by atoms with E-state index in [1.807, 2.05) is 6.92 Å². The average Bonchev–Trinajstić information content (AvgIpc) is 2.93. The zero-order valence-electron chi connectivity index (χ0n) is 12.5. The lowest BCUT2D eigenvalue weighted by molar-refractivity contribution is 0.324. The molecule has 0 saturated carbocycles. The molecule has 2 aromatic rings. The summed E-state index contributed by atoms with van der Waals surface area (Å²) in [6, 6.07) is 3.48. The van der Waals surface area contributed by atoms with Crippen molar-refractivity contribution >= 4 is 0 Å². The van der Waals surface area contributed by atoms with E-state index in [0.717, 1.165) is 0 Å². The molecule has 0 bridgehead atoms. The first-order valence-corrected chi connectivity index (χ1v) is 6.47. The third kappa shape index (κ3) is 3.25. The van der Waals surface area contributed by atoms with Crippen LogP contribution in [0.3, 0.4) is 0 Å². The van der Waals surface area contributed by atoms with Gasteiger partial charge in [0.2, 0.25) is 5.75 Å². The molecule has 0 radical (unpaired) electrons. The summed E-state index contributed by atoms with van der Waals surface area (Å²) in [6.07, 6.45) is 0.550. The maximum atomic E-state index is 5.72. The number of benzene rings is 1. The van der Waals surface area contributed by atoms with Crippen LogP contribution in [-0.4, -0.2) is 37.5 Å². The van der Waals surface area contributed by atoms with E-state index in [2.05, 4.69) is 10.1 Å². The summed E-state index contributed by atoms with van der Waals surface area (Å²) in [5.41, 5.74) is 6.41. The van der Waals surface area contributed by atoms with E-state index < -0.39 is 0 Å². The predicted molar refractivity (Wildman–Crippen MR) is 76.7 cm³/mol. The molecule has 2 rings (SSSR count). The highest BCUT2D eigenvalue weighted by Crippen LogP contribution is 2.40. The van der Waals surface area contributed by atoms with Crippen LogP contribution in [0.2, 0.25) is 0 Å². The number of ether oxygens (including phenoxy) is 3. The summed E-state index contributed by atoms with van der Waals surface area (Å²) in [5, 5.41) is 3.91. The molecule has 1 heterocycles. The Kier molecular flexibility index (Phi) is 4.64. The molecule has 1 unspecified atom stereocenters. The van der Waals surface area contributed by atoms with E-state index in [4.69, 9.17) is 24.5 Å². The highest BCUT2D eigenvalue weighted by molar-refractivity contribution is 5.65. The Hall–Kier alpha value is -2.28. The fourth-order valence-electron chi connectivity index (χ4n) is 1.95. The highest BCUT2D eigenvalue weighted by Gasteiger charge is 2.17. The van der Waals surface area contributed by atoms with E-state index in [1.165, 1.54) is 0 Å². The largest absolute Gasteiger partial charge is 0.493 e. The van der Waals surface area contributed by atoms with Crippen molar-refractivity contribution in [3.8, 4) is 28.7 Å². The van der Waals surface area contributed by atoms with Gasteiger partial charge in [0.25, 0.3) is 5.89 Å². The van der Waals surface area contributed by atoms with Crippen molar-refractivity contribution < 1.29 is 18.7 Å². The number of hydrogen-bond acceptors (Lipinski definition) is 7. The van der Waals surface area contributed by atoms with Crippen LogP contribution in [0.25, 0.3) is 11.5 Å². The second kappa shape index (κ2) is 6.45. The minimum absolute atomic E-state index is 0.0320. The Labute approximate surface area is 123 Å². The monoisotopic (exact) mass is 293 g/mol. The van der Waals surface area contributed by atoms with Gasteiger partial charge in [-0.2, -0.15) is 4.98 Å². The van der Waals surface area contributed by atoms with Gasteiger partial charge in [0, 0.05) is 18.0 Å². The van der Waals surface area contributed by atoms with Gasteiger partial charge in [-0.3, -0.25) is 0 Å². The summed E-state index contributed by atoms with van der Waals surface area (Å²) >= 11 is 0. The number of hydrogen-bond donors (Lipinski definition) is 1. The van der Waals surface area contributed by atoms with E-state index >= 15 is 0 Å². The number of rotatable bonds is 6. The van der Waals surface area contributed by atoms with Crippen LogP contribution >= 0.6 is 0 Å². The van der Waals surface area contributed by atoms with Crippen LogP contribution in [0.4, 0.5) is 0 Å². The lowest BCUT2D eigenvalue weighted by Crippen LogP contribution is -2.18. The topological polar surface area (TPSA) is 92.6 Å². The van der Waals surface area contributed by atoms with Gasteiger partial charge < -0.3 is 24.5 Å². The van der Waals surface area contributed by atoms with E-state index in [0.29, 0.717) is 40.9 Å².